The summed E-state index contributed by atoms with van der Waals surface area (Å²) in [5.41, 5.74) is 1.70. The van der Waals surface area contributed by atoms with Crippen LogP contribution >= 0.6 is 0 Å². The van der Waals surface area contributed by atoms with Crippen molar-refractivity contribution in [2.45, 2.75) is 39.2 Å². The summed E-state index contributed by atoms with van der Waals surface area (Å²) in [5.74, 6) is -1.74. The summed E-state index contributed by atoms with van der Waals surface area (Å²) < 4.78 is 6.92. The van der Waals surface area contributed by atoms with E-state index in [-0.39, 0.29) is 30.1 Å². The van der Waals surface area contributed by atoms with Crippen LogP contribution in [0.5, 0.6) is 5.75 Å². The Bertz CT molecular complexity index is 958. The molecule has 4 N–H and O–H groups in total. The van der Waals surface area contributed by atoms with Crippen LogP contribution in [0, 0.1) is 0 Å². The standard InChI is InChI=1S/C18H23BN6O5/c1-11(2)10-20-6-7-25-15(22-23-24-25)9-16(26)21-14-8-12-4-3-5-13(18(27)28)17(12)30-19(14)29/h3-5,10,14,20,29H,6-9H2,1-2H3,(H,21,26)(H,27,28)/t14-/m0/s1. The second-order valence-electron chi connectivity index (χ2n) is 7.16. The quantitative estimate of drug-likeness (QED) is 0.333. The highest BCUT2D eigenvalue weighted by molar-refractivity contribution is 6.47. The number of aromatic nitrogens is 4. The second-order valence-corrected chi connectivity index (χ2v) is 7.16. The van der Waals surface area contributed by atoms with Crippen LogP contribution in [0.1, 0.15) is 35.6 Å². The van der Waals surface area contributed by atoms with E-state index in [0.717, 1.165) is 5.57 Å². The molecule has 1 atom stereocenters. The number of benzene rings is 1. The molecule has 1 amide bonds. The number of aromatic carboxylic acids is 1. The molecule has 1 aliphatic heterocycles. The van der Waals surface area contributed by atoms with Gasteiger partial charge in [-0.2, -0.15) is 0 Å². The van der Waals surface area contributed by atoms with Crippen LogP contribution in [0.15, 0.2) is 30.0 Å². The number of nitrogens with one attached hydrogen (secondary N) is 2. The zero-order valence-corrected chi connectivity index (χ0v) is 16.7. The maximum atomic E-state index is 12.5. The fourth-order valence-corrected chi connectivity index (χ4v) is 3.09. The molecule has 0 radical (unpaired) electrons. The summed E-state index contributed by atoms with van der Waals surface area (Å²) in [5, 5.41) is 36.7. The molecular formula is C18H23BN6O5. The number of allylic oxidation sites excluding steroid dienone is 1. The molecule has 1 aliphatic rings. The van der Waals surface area contributed by atoms with Gasteiger partial charge in [0.05, 0.1) is 24.5 Å². The average molecular weight is 414 g/mol. The third-order valence-electron chi connectivity index (χ3n) is 4.48. The third-order valence-corrected chi connectivity index (χ3v) is 4.48. The van der Waals surface area contributed by atoms with Crippen molar-refractivity contribution in [2.24, 2.45) is 0 Å². The van der Waals surface area contributed by atoms with E-state index < -0.39 is 19.0 Å². The van der Waals surface area contributed by atoms with Gasteiger partial charge < -0.3 is 25.4 Å². The normalized spacial score (nSPS) is 15.0. The zero-order valence-electron chi connectivity index (χ0n) is 16.7. The molecule has 1 aromatic heterocycles. The highest BCUT2D eigenvalue weighted by Crippen LogP contribution is 2.30. The number of carboxylic acids is 1. The van der Waals surface area contributed by atoms with Crippen LogP contribution in [0.25, 0.3) is 0 Å². The second kappa shape index (κ2) is 9.40. The summed E-state index contributed by atoms with van der Waals surface area (Å²) in [6.45, 7) is 5.04. The van der Waals surface area contributed by atoms with Gasteiger partial charge in [0.1, 0.15) is 5.75 Å². The molecule has 0 unspecified atom stereocenters. The Hall–Kier alpha value is -3.41. The predicted molar refractivity (Wildman–Crippen MR) is 107 cm³/mol. The number of amides is 1. The van der Waals surface area contributed by atoms with Crippen LogP contribution in [0.3, 0.4) is 0 Å². The van der Waals surface area contributed by atoms with Crippen LogP contribution in [0.4, 0.5) is 0 Å². The van der Waals surface area contributed by atoms with Gasteiger partial charge in [-0.15, -0.1) is 5.10 Å². The van der Waals surface area contributed by atoms with E-state index in [1.54, 1.807) is 12.1 Å². The summed E-state index contributed by atoms with van der Waals surface area (Å²) >= 11 is 0. The predicted octanol–water partition coefficient (Wildman–Crippen LogP) is -0.433. The number of carbonyl (C=O) groups excluding carboxylic acids is 1. The van der Waals surface area contributed by atoms with Crippen LogP contribution < -0.4 is 15.3 Å². The molecule has 11 nitrogen and oxygen atoms in total. The molecule has 0 saturated heterocycles. The van der Waals surface area contributed by atoms with E-state index in [0.29, 0.717) is 24.5 Å². The minimum absolute atomic E-state index is 0.0303. The Balaban J connectivity index is 1.60. The van der Waals surface area contributed by atoms with Crippen LogP contribution in [0.2, 0.25) is 0 Å². The van der Waals surface area contributed by atoms with Crippen LogP contribution in [-0.2, 0) is 24.2 Å². The molecule has 0 fully saturated rings. The molecule has 0 aliphatic carbocycles. The minimum atomic E-state index is -1.37. The summed E-state index contributed by atoms with van der Waals surface area (Å²) in [6.07, 6.45) is 2.05. The maximum Gasteiger partial charge on any atom is 0.547 e. The Labute approximate surface area is 173 Å². The van der Waals surface area contributed by atoms with Gasteiger partial charge in [-0.05, 0) is 48.5 Å². The van der Waals surface area contributed by atoms with Crippen molar-refractivity contribution in [2.75, 3.05) is 6.54 Å². The summed E-state index contributed by atoms with van der Waals surface area (Å²) in [4.78, 5) is 23.8. The van der Waals surface area contributed by atoms with Gasteiger partial charge >= 0.3 is 13.1 Å². The first-order valence-corrected chi connectivity index (χ1v) is 9.46. The fourth-order valence-electron chi connectivity index (χ4n) is 3.09. The number of carbonyl (C=O) groups is 2. The van der Waals surface area contributed by atoms with E-state index in [1.807, 2.05) is 20.0 Å². The Morgan fingerprint density at radius 2 is 2.20 bits per heavy atom. The number of para-hydroxylation sites is 1. The van der Waals surface area contributed by atoms with Gasteiger partial charge in [0.2, 0.25) is 5.91 Å². The lowest BCUT2D eigenvalue weighted by Gasteiger charge is -2.28. The van der Waals surface area contributed by atoms with Gasteiger partial charge in [0.25, 0.3) is 0 Å². The van der Waals surface area contributed by atoms with Gasteiger partial charge in [-0.25, -0.2) is 9.48 Å². The first kappa shape index (κ1) is 21.3. The molecule has 12 heteroatoms. The van der Waals surface area contributed by atoms with Gasteiger partial charge in [0.15, 0.2) is 5.82 Å². The van der Waals surface area contributed by atoms with Gasteiger partial charge in [-0.1, -0.05) is 17.7 Å². The Morgan fingerprint density at radius 3 is 2.93 bits per heavy atom. The molecule has 0 saturated carbocycles. The van der Waals surface area contributed by atoms with Crippen molar-refractivity contribution in [1.29, 1.82) is 0 Å². The topological polar surface area (TPSA) is 151 Å². The SMILES string of the molecule is CC(C)=CNCCn1nnnc1CC(=O)N[C@H]1Cc2cccc(C(=O)O)c2OB1O. The van der Waals surface area contributed by atoms with E-state index in [9.17, 15) is 19.7 Å². The van der Waals surface area contributed by atoms with Crippen molar-refractivity contribution in [1.82, 2.24) is 30.8 Å². The molecule has 2 aromatic rings. The van der Waals surface area contributed by atoms with E-state index in [4.69, 9.17) is 4.65 Å². The molecule has 0 spiro atoms. The van der Waals surface area contributed by atoms with Crippen molar-refractivity contribution in [3.63, 3.8) is 0 Å². The first-order chi connectivity index (χ1) is 14.3. The third kappa shape index (κ3) is 5.14. The van der Waals surface area contributed by atoms with Crippen molar-refractivity contribution in [3.05, 3.63) is 46.9 Å². The van der Waals surface area contributed by atoms with Crippen LogP contribution in [-0.4, -0.2) is 61.8 Å². The van der Waals surface area contributed by atoms with Crippen molar-refractivity contribution >= 4 is 19.0 Å². The first-order valence-electron chi connectivity index (χ1n) is 9.46. The largest absolute Gasteiger partial charge is 0.547 e. The number of carboxylic acid groups (broad SMARTS) is 1. The van der Waals surface area contributed by atoms with E-state index >= 15 is 0 Å². The highest BCUT2D eigenvalue weighted by atomic mass is 16.5. The molecule has 3 rings (SSSR count). The number of nitrogens with zero attached hydrogens (tertiary/aromatic N) is 4. The summed E-state index contributed by atoms with van der Waals surface area (Å²) in [7, 11) is -1.37. The van der Waals surface area contributed by atoms with Gasteiger partial charge in [-0.3, -0.25) is 4.79 Å². The minimum Gasteiger partial charge on any atom is -0.534 e. The molecule has 2 heterocycles. The van der Waals surface area contributed by atoms with E-state index in [2.05, 4.69) is 26.2 Å². The number of hydrogen-bond acceptors (Lipinski definition) is 8. The van der Waals surface area contributed by atoms with Crippen molar-refractivity contribution < 1.29 is 24.4 Å². The lowest BCUT2D eigenvalue weighted by molar-refractivity contribution is -0.121. The monoisotopic (exact) mass is 414 g/mol. The Morgan fingerprint density at radius 1 is 1.40 bits per heavy atom. The van der Waals surface area contributed by atoms with Crippen molar-refractivity contribution in [3.8, 4) is 5.75 Å². The lowest BCUT2D eigenvalue weighted by Crippen LogP contribution is -2.53. The highest BCUT2D eigenvalue weighted by Gasteiger charge is 2.37. The molecule has 30 heavy (non-hydrogen) atoms. The molecule has 158 valence electrons. The average Bonchev–Trinajstić information content (AvgIpc) is 3.11. The number of tetrazole rings is 1. The number of hydrogen-bond donors (Lipinski definition) is 4. The number of rotatable bonds is 8. The Kier molecular flexibility index (Phi) is 6.67. The maximum absolute atomic E-state index is 12.5. The lowest BCUT2D eigenvalue weighted by atomic mass is 9.72. The molecule has 0 bridgehead atoms. The molecule has 1 aromatic carbocycles. The van der Waals surface area contributed by atoms with Gasteiger partial charge in [0, 0.05) is 6.54 Å². The molecular weight excluding hydrogens is 391 g/mol. The smallest absolute Gasteiger partial charge is 0.534 e. The fraction of sp³-hybridized carbons (Fsp3) is 0.389. The van der Waals surface area contributed by atoms with E-state index in [1.165, 1.54) is 10.7 Å². The number of fused-ring (bicyclic) bond motifs is 1. The summed E-state index contributed by atoms with van der Waals surface area (Å²) in [6, 6.07) is 4.70. The zero-order chi connectivity index (χ0) is 21.7.